The second kappa shape index (κ2) is 9.17. The first-order valence-corrected chi connectivity index (χ1v) is 11.3. The average Bonchev–Trinajstić information content (AvgIpc) is 3.28. The summed E-state index contributed by atoms with van der Waals surface area (Å²) in [6.07, 6.45) is 4.96. The van der Waals surface area contributed by atoms with Crippen molar-refractivity contribution in [2.75, 3.05) is 44.9 Å². The highest BCUT2D eigenvalue weighted by Gasteiger charge is 2.31. The van der Waals surface area contributed by atoms with Gasteiger partial charge in [-0.15, -0.1) is 0 Å². The van der Waals surface area contributed by atoms with Crippen molar-refractivity contribution in [2.24, 2.45) is 5.73 Å². The monoisotopic (exact) mass is 465 g/mol. The third-order valence-electron chi connectivity index (χ3n) is 6.50. The molecule has 0 spiro atoms. The molecule has 1 saturated heterocycles. The minimum absolute atomic E-state index is 0.0408. The van der Waals surface area contributed by atoms with Crippen molar-refractivity contribution >= 4 is 22.2 Å². The Morgan fingerprint density at radius 1 is 1.15 bits per heavy atom. The number of aliphatic hydroxyl groups excluding tert-OH is 1. The number of hydrogen-bond donors (Lipinski definition) is 2. The molecule has 1 aliphatic heterocycles. The van der Waals surface area contributed by atoms with Crippen molar-refractivity contribution in [1.82, 2.24) is 14.4 Å². The second-order valence-electron chi connectivity index (χ2n) is 8.74. The van der Waals surface area contributed by atoms with Crippen LogP contribution >= 0.6 is 0 Å². The molecule has 0 saturated carbocycles. The first-order valence-electron chi connectivity index (χ1n) is 11.3. The van der Waals surface area contributed by atoms with E-state index in [0.29, 0.717) is 61.5 Å². The maximum atomic E-state index is 14.7. The van der Waals surface area contributed by atoms with Crippen LogP contribution in [0.4, 0.5) is 10.1 Å². The van der Waals surface area contributed by atoms with Crippen LogP contribution in [0, 0.1) is 5.82 Å². The minimum Gasteiger partial charge on any atom is -0.491 e. The summed E-state index contributed by atoms with van der Waals surface area (Å²) in [6.45, 7) is 2.27. The molecule has 0 radical (unpaired) electrons. The fraction of sp³-hybridized carbons (Fsp3) is 0.360. The molecule has 5 rings (SSSR count). The number of aliphatic hydroxyl groups is 1. The van der Waals surface area contributed by atoms with Crippen molar-refractivity contribution in [3.8, 4) is 17.1 Å². The highest BCUT2D eigenvalue weighted by Crippen LogP contribution is 2.33. The van der Waals surface area contributed by atoms with Crippen molar-refractivity contribution in [1.29, 1.82) is 0 Å². The largest absolute Gasteiger partial charge is 0.491 e. The van der Waals surface area contributed by atoms with Gasteiger partial charge in [0.15, 0.2) is 0 Å². The Bertz CT molecular complexity index is 1320. The lowest BCUT2D eigenvalue weighted by atomic mass is 9.89. The molecule has 4 aromatic rings. The lowest BCUT2D eigenvalue weighted by Gasteiger charge is -2.39. The molecule has 1 aliphatic rings. The summed E-state index contributed by atoms with van der Waals surface area (Å²) in [5, 5.41) is 10.1. The van der Waals surface area contributed by atoms with Gasteiger partial charge in [0.05, 0.1) is 42.0 Å². The van der Waals surface area contributed by atoms with E-state index in [2.05, 4.69) is 9.88 Å². The van der Waals surface area contributed by atoms with Gasteiger partial charge in [0.25, 0.3) is 0 Å². The molecule has 1 fully saturated rings. The summed E-state index contributed by atoms with van der Waals surface area (Å²) in [5.41, 5.74) is 9.37. The Hall–Kier alpha value is -3.27. The van der Waals surface area contributed by atoms with Crippen LogP contribution in [0.15, 0.2) is 48.8 Å². The molecule has 34 heavy (non-hydrogen) atoms. The zero-order valence-corrected chi connectivity index (χ0v) is 19.1. The summed E-state index contributed by atoms with van der Waals surface area (Å²) in [5.74, 6) is 0.399. The minimum atomic E-state index is -0.562. The molecule has 3 N–H and O–H groups in total. The lowest BCUT2D eigenvalue weighted by Crippen LogP contribution is -2.53. The van der Waals surface area contributed by atoms with Crippen LogP contribution in [0.1, 0.15) is 12.8 Å². The zero-order chi connectivity index (χ0) is 23.7. The number of anilines is 1. The first kappa shape index (κ1) is 22.5. The lowest BCUT2D eigenvalue weighted by molar-refractivity contribution is 0.146. The first-order chi connectivity index (χ1) is 16.5. The van der Waals surface area contributed by atoms with Gasteiger partial charge in [0.1, 0.15) is 23.8 Å². The van der Waals surface area contributed by atoms with Crippen LogP contribution in [0.2, 0.25) is 0 Å². The predicted octanol–water partition coefficient (Wildman–Crippen LogP) is 3.00. The van der Waals surface area contributed by atoms with Gasteiger partial charge in [-0.1, -0.05) is 0 Å². The molecular weight excluding hydrogens is 437 g/mol. The topological polar surface area (TPSA) is 98.1 Å². The van der Waals surface area contributed by atoms with E-state index in [-0.39, 0.29) is 12.4 Å². The van der Waals surface area contributed by atoms with Gasteiger partial charge in [-0.3, -0.25) is 4.40 Å². The molecule has 178 valence electrons. The van der Waals surface area contributed by atoms with Crippen molar-refractivity contribution < 1.29 is 19.0 Å². The number of rotatable bonds is 7. The summed E-state index contributed by atoms with van der Waals surface area (Å²) < 4.78 is 27.3. The summed E-state index contributed by atoms with van der Waals surface area (Å²) in [7, 11) is 1.63. The molecule has 8 nitrogen and oxygen atoms in total. The Morgan fingerprint density at radius 2 is 1.97 bits per heavy atom. The van der Waals surface area contributed by atoms with E-state index in [1.807, 2.05) is 28.8 Å². The van der Waals surface area contributed by atoms with E-state index in [9.17, 15) is 9.50 Å². The van der Waals surface area contributed by atoms with Gasteiger partial charge >= 0.3 is 0 Å². The molecule has 0 atom stereocenters. The molecule has 4 heterocycles. The van der Waals surface area contributed by atoms with E-state index in [4.69, 9.17) is 20.2 Å². The molecule has 0 amide bonds. The van der Waals surface area contributed by atoms with E-state index < -0.39 is 5.54 Å². The fourth-order valence-corrected chi connectivity index (χ4v) is 4.40. The average molecular weight is 466 g/mol. The quantitative estimate of drug-likeness (QED) is 0.405. The SMILES string of the molecule is COCCOc1ccn2c(-c3ccc4c(F)ccc(N5CCC(N)(CO)CC5)c4n3)cnc2c1. The fourth-order valence-electron chi connectivity index (χ4n) is 4.40. The zero-order valence-electron chi connectivity index (χ0n) is 19.1. The maximum Gasteiger partial charge on any atom is 0.140 e. The number of pyridine rings is 2. The van der Waals surface area contributed by atoms with Crippen LogP contribution in [0.5, 0.6) is 5.75 Å². The number of nitrogens with two attached hydrogens (primary N) is 1. The molecular formula is C25H28FN5O3. The van der Waals surface area contributed by atoms with E-state index >= 15 is 0 Å². The molecule has 9 heteroatoms. The van der Waals surface area contributed by atoms with Gasteiger partial charge in [0, 0.05) is 43.4 Å². The number of methoxy groups -OCH3 is 1. The Kier molecular flexibility index (Phi) is 6.07. The van der Waals surface area contributed by atoms with Crippen LogP contribution in [-0.2, 0) is 4.74 Å². The highest BCUT2D eigenvalue weighted by atomic mass is 19.1. The normalized spacial score (nSPS) is 15.8. The van der Waals surface area contributed by atoms with Crippen LogP contribution < -0.4 is 15.4 Å². The smallest absolute Gasteiger partial charge is 0.140 e. The van der Waals surface area contributed by atoms with Gasteiger partial charge in [-0.05, 0) is 43.2 Å². The number of hydrogen-bond acceptors (Lipinski definition) is 7. The van der Waals surface area contributed by atoms with Crippen LogP contribution in [0.3, 0.4) is 0 Å². The number of halogens is 1. The third-order valence-corrected chi connectivity index (χ3v) is 6.50. The van der Waals surface area contributed by atoms with Gasteiger partial charge < -0.3 is 25.2 Å². The van der Waals surface area contributed by atoms with Crippen molar-refractivity contribution in [3.63, 3.8) is 0 Å². The van der Waals surface area contributed by atoms with Crippen molar-refractivity contribution in [2.45, 2.75) is 18.4 Å². The van der Waals surface area contributed by atoms with E-state index in [1.54, 1.807) is 25.4 Å². The van der Waals surface area contributed by atoms with Gasteiger partial charge in [-0.2, -0.15) is 0 Å². The molecule has 0 bridgehead atoms. The number of benzene rings is 1. The number of fused-ring (bicyclic) bond motifs is 2. The predicted molar refractivity (Wildman–Crippen MR) is 129 cm³/mol. The van der Waals surface area contributed by atoms with Gasteiger partial charge in [-0.25, -0.2) is 14.4 Å². The Balaban J connectivity index is 1.50. The highest BCUT2D eigenvalue weighted by molar-refractivity contribution is 5.93. The van der Waals surface area contributed by atoms with E-state index in [1.165, 1.54) is 6.07 Å². The standard InChI is InChI=1S/C25H28FN5O3/c1-33-12-13-34-17-6-9-31-22(15-28-23(31)14-17)20-4-2-18-19(26)3-5-21(24(18)29-20)30-10-7-25(27,16-32)8-11-30/h2-6,9,14-15,32H,7-8,10-13,16,27H2,1H3. The number of piperidine rings is 1. The van der Waals surface area contributed by atoms with Crippen LogP contribution in [-0.4, -0.2) is 65.0 Å². The summed E-state index contributed by atoms with van der Waals surface area (Å²) in [6, 6.07) is 10.6. The molecule has 0 unspecified atom stereocenters. The number of aromatic nitrogens is 3. The summed E-state index contributed by atoms with van der Waals surface area (Å²) in [4.78, 5) is 11.5. The van der Waals surface area contributed by atoms with Crippen LogP contribution in [0.25, 0.3) is 27.9 Å². The maximum absolute atomic E-state index is 14.7. The van der Waals surface area contributed by atoms with Gasteiger partial charge in [0.2, 0.25) is 0 Å². The second-order valence-corrected chi connectivity index (χ2v) is 8.74. The van der Waals surface area contributed by atoms with Crippen molar-refractivity contribution in [3.05, 3.63) is 54.6 Å². The Labute approximate surface area is 196 Å². The summed E-state index contributed by atoms with van der Waals surface area (Å²) >= 11 is 0. The number of nitrogens with zero attached hydrogens (tertiary/aromatic N) is 4. The number of imidazole rings is 1. The third kappa shape index (κ3) is 4.18. The molecule has 3 aromatic heterocycles. The molecule has 1 aromatic carbocycles. The number of ether oxygens (including phenoxy) is 2. The Morgan fingerprint density at radius 3 is 2.74 bits per heavy atom. The van der Waals surface area contributed by atoms with E-state index in [0.717, 1.165) is 17.0 Å². The molecule has 0 aliphatic carbocycles.